The molecule has 3 aromatic carbocycles. The van der Waals surface area contributed by atoms with Crippen LogP contribution in [0.4, 0.5) is 5.69 Å². The average molecular weight is 543 g/mol. The number of amides is 1. The molecule has 1 N–H and O–H groups in total. The zero-order chi connectivity index (χ0) is 26.0. The van der Waals surface area contributed by atoms with E-state index in [1.807, 2.05) is 0 Å². The van der Waals surface area contributed by atoms with Gasteiger partial charge < -0.3 is 5.32 Å². The number of aromatic nitrogens is 2. The van der Waals surface area contributed by atoms with Gasteiger partial charge in [-0.2, -0.15) is 0 Å². The zero-order valence-corrected chi connectivity index (χ0v) is 22.1. The van der Waals surface area contributed by atoms with Crippen LogP contribution in [0, 0.1) is 6.92 Å². The van der Waals surface area contributed by atoms with Crippen molar-refractivity contribution in [2.45, 2.75) is 17.0 Å². The number of nitrogens with one attached hydrogen (secondary N) is 1. The van der Waals surface area contributed by atoms with Crippen molar-refractivity contribution in [1.29, 1.82) is 0 Å². The summed E-state index contributed by atoms with van der Waals surface area (Å²) in [6, 6.07) is 18.5. The average Bonchev–Trinajstić information content (AvgIpc) is 2.84. The van der Waals surface area contributed by atoms with E-state index in [1.54, 1.807) is 67.6 Å². The molecule has 0 aliphatic heterocycles. The van der Waals surface area contributed by atoms with Gasteiger partial charge in [0.2, 0.25) is 15.9 Å². The largest absolute Gasteiger partial charge is 0.325 e. The minimum Gasteiger partial charge on any atom is -0.325 e. The highest BCUT2D eigenvalue weighted by Gasteiger charge is 2.21. The summed E-state index contributed by atoms with van der Waals surface area (Å²) < 4.78 is 27.7. The second kappa shape index (κ2) is 10.4. The molecule has 36 heavy (non-hydrogen) atoms. The first-order valence-electron chi connectivity index (χ1n) is 10.8. The molecule has 0 fully saturated rings. The number of fused-ring (bicyclic) bond motifs is 1. The number of benzene rings is 3. The number of sulfonamides is 1. The Labute approximate surface area is 218 Å². The van der Waals surface area contributed by atoms with E-state index in [-0.39, 0.29) is 22.1 Å². The lowest BCUT2D eigenvalue weighted by Gasteiger charge is -2.15. The lowest BCUT2D eigenvalue weighted by molar-refractivity contribution is -0.113. The smallest absolute Gasteiger partial charge is 0.266 e. The molecule has 0 aliphatic rings. The number of aryl methyl sites for hydroxylation is 1. The quantitative estimate of drug-likeness (QED) is 0.275. The van der Waals surface area contributed by atoms with Crippen molar-refractivity contribution in [3.63, 3.8) is 0 Å². The van der Waals surface area contributed by atoms with E-state index in [9.17, 15) is 18.0 Å². The van der Waals surface area contributed by atoms with Gasteiger partial charge >= 0.3 is 0 Å². The number of thioether (sulfide) groups is 1. The third kappa shape index (κ3) is 5.31. The molecule has 0 atom stereocenters. The number of carbonyl (C=O) groups excluding carboxylic acids is 1. The molecule has 0 spiro atoms. The van der Waals surface area contributed by atoms with Crippen molar-refractivity contribution in [2.75, 3.05) is 25.2 Å². The molecule has 1 heterocycles. The van der Waals surface area contributed by atoms with Crippen LogP contribution in [0.3, 0.4) is 0 Å². The Morgan fingerprint density at radius 3 is 2.56 bits per heavy atom. The molecule has 4 aromatic rings. The molecule has 0 saturated heterocycles. The number of carbonyl (C=O) groups is 1. The van der Waals surface area contributed by atoms with Crippen LogP contribution in [0.2, 0.25) is 5.02 Å². The third-order valence-corrected chi connectivity index (χ3v) is 8.50. The Balaban J connectivity index is 1.63. The molecule has 0 saturated carbocycles. The van der Waals surface area contributed by atoms with Crippen LogP contribution in [0.5, 0.6) is 0 Å². The fourth-order valence-electron chi connectivity index (χ4n) is 3.53. The van der Waals surface area contributed by atoms with Crippen molar-refractivity contribution in [3.05, 3.63) is 87.7 Å². The Morgan fingerprint density at radius 2 is 1.83 bits per heavy atom. The molecular weight excluding hydrogens is 520 g/mol. The number of halogens is 1. The summed E-state index contributed by atoms with van der Waals surface area (Å²) in [4.78, 5) is 30.8. The summed E-state index contributed by atoms with van der Waals surface area (Å²) in [5, 5.41) is 3.97. The normalized spacial score (nSPS) is 11.7. The number of para-hydroxylation sites is 1. The molecule has 186 valence electrons. The van der Waals surface area contributed by atoms with E-state index in [4.69, 9.17) is 11.6 Å². The third-order valence-electron chi connectivity index (χ3n) is 5.37. The number of hydrogen-bond donors (Lipinski definition) is 1. The summed E-state index contributed by atoms with van der Waals surface area (Å²) in [6.07, 6.45) is 0. The predicted octanol–water partition coefficient (Wildman–Crippen LogP) is 4.33. The number of hydrogen-bond acceptors (Lipinski definition) is 6. The summed E-state index contributed by atoms with van der Waals surface area (Å²) in [6.45, 7) is 1.69. The minimum absolute atomic E-state index is 0.0605. The van der Waals surface area contributed by atoms with Crippen LogP contribution in [-0.2, 0) is 14.8 Å². The van der Waals surface area contributed by atoms with Crippen LogP contribution in [-0.4, -0.2) is 48.0 Å². The fraction of sp³-hybridized carbons (Fsp3) is 0.160. The first-order chi connectivity index (χ1) is 17.1. The summed E-state index contributed by atoms with van der Waals surface area (Å²) in [7, 11) is -0.766. The van der Waals surface area contributed by atoms with E-state index in [0.717, 1.165) is 16.1 Å². The van der Waals surface area contributed by atoms with Gasteiger partial charge in [-0.05, 0) is 55.0 Å². The van der Waals surface area contributed by atoms with Crippen LogP contribution in [0.15, 0.2) is 81.6 Å². The van der Waals surface area contributed by atoms with Gasteiger partial charge in [-0.1, -0.05) is 47.6 Å². The van der Waals surface area contributed by atoms with E-state index in [2.05, 4.69) is 10.3 Å². The zero-order valence-electron chi connectivity index (χ0n) is 19.7. The Hall–Kier alpha value is -3.18. The van der Waals surface area contributed by atoms with Crippen molar-refractivity contribution in [1.82, 2.24) is 13.9 Å². The topological polar surface area (TPSA) is 101 Å². The van der Waals surface area contributed by atoms with Gasteiger partial charge in [0.1, 0.15) is 0 Å². The Morgan fingerprint density at radius 1 is 1.08 bits per heavy atom. The van der Waals surface area contributed by atoms with Gasteiger partial charge in [0.05, 0.1) is 27.2 Å². The molecule has 8 nitrogen and oxygen atoms in total. The van der Waals surface area contributed by atoms with Crippen LogP contribution in [0.1, 0.15) is 5.56 Å². The van der Waals surface area contributed by atoms with E-state index < -0.39 is 10.0 Å². The highest BCUT2D eigenvalue weighted by atomic mass is 35.5. The monoisotopic (exact) mass is 542 g/mol. The fourth-order valence-corrected chi connectivity index (χ4v) is 5.67. The Kier molecular flexibility index (Phi) is 7.51. The molecule has 1 amide bonds. The first-order valence-corrected chi connectivity index (χ1v) is 13.6. The standard InChI is InChI=1S/C25H23ClN4O4S2/c1-16-11-12-18(14-22(16)36(33,34)29(2)3)27-23(31)15-35-25-28-21-10-5-4-9-20(21)24(32)30(25)19-8-6-7-17(26)13-19/h4-14H,15H2,1-3H3,(H,27,31). The molecule has 0 unspecified atom stereocenters. The second-order valence-corrected chi connectivity index (χ2v) is 11.6. The van der Waals surface area contributed by atoms with Crippen LogP contribution in [0.25, 0.3) is 16.6 Å². The molecule has 1 aromatic heterocycles. The molecule has 4 rings (SSSR count). The van der Waals surface area contributed by atoms with E-state index in [0.29, 0.717) is 38.0 Å². The maximum Gasteiger partial charge on any atom is 0.266 e. The number of rotatable bonds is 7. The summed E-state index contributed by atoms with van der Waals surface area (Å²) >= 11 is 7.25. The van der Waals surface area contributed by atoms with Gasteiger partial charge in [0, 0.05) is 24.8 Å². The Bertz CT molecular complexity index is 1640. The lowest BCUT2D eigenvalue weighted by atomic mass is 10.2. The van der Waals surface area contributed by atoms with Crippen molar-refractivity contribution in [2.24, 2.45) is 0 Å². The molecule has 0 aliphatic carbocycles. The van der Waals surface area contributed by atoms with Crippen molar-refractivity contribution >= 4 is 55.9 Å². The first kappa shape index (κ1) is 25.9. The number of nitrogens with zero attached hydrogens (tertiary/aromatic N) is 3. The minimum atomic E-state index is -3.67. The molecule has 0 radical (unpaired) electrons. The predicted molar refractivity (Wildman–Crippen MR) is 144 cm³/mol. The van der Waals surface area contributed by atoms with Gasteiger partial charge in [0.25, 0.3) is 5.56 Å². The SMILES string of the molecule is Cc1ccc(NC(=O)CSc2nc3ccccc3c(=O)n2-c2cccc(Cl)c2)cc1S(=O)(=O)N(C)C. The van der Waals surface area contributed by atoms with Gasteiger partial charge in [-0.25, -0.2) is 17.7 Å². The van der Waals surface area contributed by atoms with E-state index in [1.165, 1.54) is 24.7 Å². The maximum absolute atomic E-state index is 13.3. The van der Waals surface area contributed by atoms with Crippen molar-refractivity contribution in [3.8, 4) is 5.69 Å². The molecule has 0 bridgehead atoms. The summed E-state index contributed by atoms with van der Waals surface area (Å²) in [5.41, 5.74) is 1.70. The number of anilines is 1. The molecule has 11 heteroatoms. The van der Waals surface area contributed by atoms with Gasteiger partial charge in [-0.15, -0.1) is 0 Å². The maximum atomic E-state index is 13.3. The van der Waals surface area contributed by atoms with Crippen LogP contribution < -0.4 is 10.9 Å². The van der Waals surface area contributed by atoms with Crippen molar-refractivity contribution < 1.29 is 13.2 Å². The second-order valence-electron chi connectivity index (χ2n) is 8.14. The van der Waals surface area contributed by atoms with Gasteiger partial charge in [-0.3, -0.25) is 14.2 Å². The lowest BCUT2D eigenvalue weighted by Crippen LogP contribution is -2.24. The molecular formula is C25H23ClN4O4S2. The van der Waals surface area contributed by atoms with E-state index >= 15 is 0 Å². The van der Waals surface area contributed by atoms with Crippen LogP contribution >= 0.6 is 23.4 Å². The highest BCUT2D eigenvalue weighted by molar-refractivity contribution is 7.99. The van der Waals surface area contributed by atoms with Gasteiger partial charge in [0.15, 0.2) is 5.16 Å². The summed E-state index contributed by atoms with van der Waals surface area (Å²) in [5.74, 6) is -0.438. The highest BCUT2D eigenvalue weighted by Crippen LogP contribution is 2.25.